The molecular formula is C21H20N2O8S. The minimum atomic E-state index is -3.80. The molecular weight excluding hydrogens is 440 g/mol. The molecule has 0 aliphatic carbocycles. The van der Waals surface area contributed by atoms with Crippen molar-refractivity contribution in [2.24, 2.45) is 0 Å². The van der Waals surface area contributed by atoms with E-state index in [-0.39, 0.29) is 27.6 Å². The van der Waals surface area contributed by atoms with Gasteiger partial charge in [-0.25, -0.2) is 18.0 Å². The van der Waals surface area contributed by atoms with E-state index in [1.165, 1.54) is 19.1 Å². The van der Waals surface area contributed by atoms with Crippen molar-refractivity contribution in [2.45, 2.75) is 24.7 Å². The number of carboxylic acids is 2. The third-order valence-electron chi connectivity index (χ3n) is 4.99. The molecule has 2 amide bonds. The van der Waals surface area contributed by atoms with Crippen LogP contribution in [0.2, 0.25) is 0 Å². The fourth-order valence-corrected chi connectivity index (χ4v) is 4.70. The number of carboxylic acid groups (broad SMARTS) is 2. The fourth-order valence-electron chi connectivity index (χ4n) is 3.41. The second-order valence-corrected chi connectivity index (χ2v) is 9.35. The molecule has 11 heteroatoms. The molecule has 0 spiro atoms. The van der Waals surface area contributed by atoms with Gasteiger partial charge in [-0.15, -0.1) is 0 Å². The fraction of sp³-hybridized carbons (Fsp3) is 0.238. The smallest absolute Gasteiger partial charge is 0.335 e. The first-order valence-corrected chi connectivity index (χ1v) is 11.2. The molecule has 0 unspecified atom stereocenters. The van der Waals surface area contributed by atoms with Crippen LogP contribution < -0.4 is 10.2 Å². The van der Waals surface area contributed by atoms with Crippen LogP contribution in [0, 0.1) is 0 Å². The van der Waals surface area contributed by atoms with E-state index in [0.717, 1.165) is 23.8 Å². The molecule has 3 rings (SSSR count). The number of nitrogens with one attached hydrogen (secondary N) is 1. The van der Waals surface area contributed by atoms with E-state index in [4.69, 9.17) is 10.2 Å². The maximum Gasteiger partial charge on any atom is 0.335 e. The highest BCUT2D eigenvalue weighted by molar-refractivity contribution is 7.91. The summed E-state index contributed by atoms with van der Waals surface area (Å²) in [5.41, 5.74) is 0.682. The normalized spacial score (nSPS) is 12.8. The van der Waals surface area contributed by atoms with Crippen molar-refractivity contribution >= 4 is 45.0 Å². The number of hydrogen-bond acceptors (Lipinski definition) is 6. The number of fused-ring (bicyclic) bond motifs is 1. The predicted octanol–water partition coefficient (Wildman–Crippen LogP) is 1.79. The Balaban J connectivity index is 1.70. The number of anilines is 2. The maximum atomic E-state index is 12.7. The third kappa shape index (κ3) is 4.94. The highest BCUT2D eigenvalue weighted by Gasteiger charge is 2.25. The summed E-state index contributed by atoms with van der Waals surface area (Å²) in [5, 5.41) is 20.5. The molecule has 3 N–H and O–H groups in total. The van der Waals surface area contributed by atoms with Crippen molar-refractivity contribution in [3.05, 3.63) is 53.1 Å². The van der Waals surface area contributed by atoms with E-state index in [1.807, 2.05) is 0 Å². The van der Waals surface area contributed by atoms with Gasteiger partial charge in [0, 0.05) is 31.3 Å². The molecule has 1 aliphatic rings. The SMILES string of the molecule is CC(=O)N1CCc2cc(S(=O)(=O)CCC(=O)Nc3cc(C(=O)O)cc(C(=O)O)c3)ccc21. The van der Waals surface area contributed by atoms with Gasteiger partial charge in [0.05, 0.1) is 21.8 Å². The quantitative estimate of drug-likeness (QED) is 0.564. The molecule has 0 fully saturated rings. The average Bonchev–Trinajstić information content (AvgIpc) is 3.15. The number of carbonyl (C=O) groups is 4. The van der Waals surface area contributed by atoms with Crippen LogP contribution in [0.15, 0.2) is 41.3 Å². The molecule has 32 heavy (non-hydrogen) atoms. The van der Waals surface area contributed by atoms with Crippen LogP contribution in [-0.2, 0) is 25.8 Å². The lowest BCUT2D eigenvalue weighted by Crippen LogP contribution is -2.25. The number of rotatable bonds is 7. The monoisotopic (exact) mass is 460 g/mol. The number of benzene rings is 2. The van der Waals surface area contributed by atoms with Gasteiger partial charge in [0.15, 0.2) is 9.84 Å². The largest absolute Gasteiger partial charge is 0.478 e. The molecule has 0 saturated heterocycles. The van der Waals surface area contributed by atoms with Crippen molar-refractivity contribution in [3.63, 3.8) is 0 Å². The number of nitrogens with zero attached hydrogens (tertiary/aromatic N) is 1. The lowest BCUT2D eigenvalue weighted by molar-refractivity contribution is -0.117. The molecule has 2 aromatic rings. The van der Waals surface area contributed by atoms with Crippen molar-refractivity contribution in [1.29, 1.82) is 0 Å². The lowest BCUT2D eigenvalue weighted by Gasteiger charge is -2.15. The molecule has 0 aromatic heterocycles. The van der Waals surface area contributed by atoms with Gasteiger partial charge >= 0.3 is 11.9 Å². The van der Waals surface area contributed by atoms with Crippen LogP contribution >= 0.6 is 0 Å². The zero-order chi connectivity index (χ0) is 23.6. The van der Waals surface area contributed by atoms with Crippen molar-refractivity contribution in [2.75, 3.05) is 22.5 Å². The van der Waals surface area contributed by atoms with Gasteiger partial charge in [-0.3, -0.25) is 9.59 Å². The molecule has 1 aliphatic heterocycles. The Morgan fingerprint density at radius 3 is 2.19 bits per heavy atom. The van der Waals surface area contributed by atoms with E-state index >= 15 is 0 Å². The first-order valence-electron chi connectivity index (χ1n) is 9.53. The van der Waals surface area contributed by atoms with E-state index in [9.17, 15) is 27.6 Å². The molecule has 0 atom stereocenters. The van der Waals surface area contributed by atoms with Gasteiger partial charge in [-0.1, -0.05) is 0 Å². The molecule has 0 radical (unpaired) electrons. The first-order chi connectivity index (χ1) is 15.0. The Morgan fingerprint density at radius 1 is 1.00 bits per heavy atom. The topological polar surface area (TPSA) is 158 Å². The summed E-state index contributed by atoms with van der Waals surface area (Å²) >= 11 is 0. The molecule has 10 nitrogen and oxygen atoms in total. The van der Waals surface area contributed by atoms with Gasteiger partial charge in [0.2, 0.25) is 11.8 Å². The van der Waals surface area contributed by atoms with Gasteiger partial charge in [-0.2, -0.15) is 0 Å². The Morgan fingerprint density at radius 2 is 1.62 bits per heavy atom. The standard InChI is InChI=1S/C21H20N2O8S/c1-12(24)23-6-4-13-11-17(2-3-18(13)23)32(30,31)7-5-19(25)22-16-9-14(20(26)27)8-15(10-16)21(28)29/h2-3,8-11H,4-7H2,1H3,(H,22,25)(H,26,27)(H,28,29). The Hall–Kier alpha value is -3.73. The average molecular weight is 460 g/mol. The molecule has 0 saturated carbocycles. The van der Waals surface area contributed by atoms with Crippen LogP contribution in [0.5, 0.6) is 0 Å². The first kappa shape index (κ1) is 22.9. The summed E-state index contributed by atoms with van der Waals surface area (Å²) in [6.45, 7) is 1.91. The minimum Gasteiger partial charge on any atom is -0.478 e. The summed E-state index contributed by atoms with van der Waals surface area (Å²) in [6.07, 6.45) is 0.114. The molecule has 2 aromatic carbocycles. The Bertz CT molecular complexity index is 1200. The number of aromatic carboxylic acids is 2. The van der Waals surface area contributed by atoms with Crippen LogP contribution in [0.25, 0.3) is 0 Å². The lowest BCUT2D eigenvalue weighted by atomic mass is 10.1. The Kier molecular flexibility index (Phi) is 6.30. The van der Waals surface area contributed by atoms with Gasteiger partial charge < -0.3 is 20.4 Å². The second-order valence-electron chi connectivity index (χ2n) is 7.24. The summed E-state index contributed by atoms with van der Waals surface area (Å²) < 4.78 is 25.4. The van der Waals surface area contributed by atoms with E-state index < -0.39 is 39.9 Å². The third-order valence-corrected chi connectivity index (χ3v) is 6.71. The summed E-state index contributed by atoms with van der Waals surface area (Å²) in [5.74, 6) is -4.08. The van der Waals surface area contributed by atoms with Crippen LogP contribution in [0.3, 0.4) is 0 Å². The van der Waals surface area contributed by atoms with Crippen molar-refractivity contribution in [1.82, 2.24) is 0 Å². The van der Waals surface area contributed by atoms with Crippen LogP contribution in [0.4, 0.5) is 11.4 Å². The van der Waals surface area contributed by atoms with Gasteiger partial charge in [0.1, 0.15) is 0 Å². The number of amides is 2. The van der Waals surface area contributed by atoms with Crippen LogP contribution in [0.1, 0.15) is 39.6 Å². The zero-order valence-corrected chi connectivity index (χ0v) is 17.8. The molecule has 1 heterocycles. The number of carbonyl (C=O) groups excluding carboxylic acids is 2. The summed E-state index contributed by atoms with van der Waals surface area (Å²) in [4.78, 5) is 47.8. The van der Waals surface area contributed by atoms with Crippen LogP contribution in [-0.4, -0.2) is 54.7 Å². The highest BCUT2D eigenvalue weighted by Crippen LogP contribution is 2.30. The summed E-state index contributed by atoms with van der Waals surface area (Å²) in [6, 6.07) is 7.59. The second kappa shape index (κ2) is 8.79. The predicted molar refractivity (Wildman–Crippen MR) is 114 cm³/mol. The summed E-state index contributed by atoms with van der Waals surface area (Å²) in [7, 11) is -3.80. The Labute approximate surface area is 183 Å². The number of hydrogen-bond donors (Lipinski definition) is 3. The van der Waals surface area contributed by atoms with Crippen molar-refractivity contribution in [3.8, 4) is 0 Å². The zero-order valence-electron chi connectivity index (χ0n) is 17.0. The number of sulfone groups is 1. The van der Waals surface area contributed by atoms with Gasteiger partial charge in [0.25, 0.3) is 0 Å². The van der Waals surface area contributed by atoms with E-state index in [0.29, 0.717) is 18.7 Å². The highest BCUT2D eigenvalue weighted by atomic mass is 32.2. The molecule has 0 bridgehead atoms. The van der Waals surface area contributed by atoms with E-state index in [2.05, 4.69) is 5.32 Å². The maximum absolute atomic E-state index is 12.7. The van der Waals surface area contributed by atoms with E-state index in [1.54, 1.807) is 11.0 Å². The minimum absolute atomic E-state index is 0.0375. The van der Waals surface area contributed by atoms with Crippen molar-refractivity contribution < 1.29 is 37.8 Å². The molecule has 168 valence electrons. The van der Waals surface area contributed by atoms with Gasteiger partial charge in [-0.05, 0) is 48.4 Å².